The van der Waals surface area contributed by atoms with Gasteiger partial charge in [0.25, 0.3) is 0 Å². The van der Waals surface area contributed by atoms with Crippen LogP contribution in [0.5, 0.6) is 0 Å². The Hall–Kier alpha value is -2.37. The predicted molar refractivity (Wildman–Crippen MR) is 88.9 cm³/mol. The smallest absolute Gasteiger partial charge is 0.225 e. The summed E-state index contributed by atoms with van der Waals surface area (Å²) in [7, 11) is 1.91. The average molecular weight is 313 g/mol. The molecular formula is C17H23N5O. The molecule has 0 radical (unpaired) electrons. The summed E-state index contributed by atoms with van der Waals surface area (Å²) in [6, 6.07) is 5.88. The van der Waals surface area contributed by atoms with Crippen LogP contribution in [0.25, 0.3) is 0 Å². The lowest BCUT2D eigenvalue weighted by Gasteiger charge is -2.17. The predicted octanol–water partition coefficient (Wildman–Crippen LogP) is 1.51. The van der Waals surface area contributed by atoms with Crippen molar-refractivity contribution in [2.24, 2.45) is 18.9 Å². The van der Waals surface area contributed by atoms with Crippen LogP contribution in [0.15, 0.2) is 30.6 Å². The second-order valence-electron chi connectivity index (χ2n) is 6.27. The van der Waals surface area contributed by atoms with Crippen molar-refractivity contribution in [1.82, 2.24) is 20.1 Å². The van der Waals surface area contributed by atoms with E-state index in [4.69, 9.17) is 0 Å². The summed E-state index contributed by atoms with van der Waals surface area (Å²) in [6.07, 6.45) is 3.60. The van der Waals surface area contributed by atoms with Crippen molar-refractivity contribution in [2.45, 2.75) is 20.4 Å². The minimum Gasteiger partial charge on any atom is -0.356 e. The molecule has 0 aliphatic carbocycles. The number of nitrogens with one attached hydrogen (secondary N) is 1. The summed E-state index contributed by atoms with van der Waals surface area (Å²) in [6.45, 7) is 6.25. The lowest BCUT2D eigenvalue weighted by molar-refractivity contribution is -0.125. The van der Waals surface area contributed by atoms with Crippen LogP contribution in [0.2, 0.25) is 0 Å². The van der Waals surface area contributed by atoms with Crippen LogP contribution in [-0.2, 0) is 18.4 Å². The van der Waals surface area contributed by atoms with Gasteiger partial charge in [0, 0.05) is 44.1 Å². The molecule has 1 N–H and O–H groups in total. The van der Waals surface area contributed by atoms with Gasteiger partial charge in [0.15, 0.2) is 0 Å². The molecule has 0 spiro atoms. The number of nitrogens with zero attached hydrogens (tertiary/aromatic N) is 4. The number of rotatable bonds is 4. The van der Waals surface area contributed by atoms with Gasteiger partial charge in [-0.3, -0.25) is 9.48 Å². The third-order valence-electron chi connectivity index (χ3n) is 4.71. The van der Waals surface area contributed by atoms with Crippen LogP contribution in [-0.4, -0.2) is 33.8 Å². The first-order valence-corrected chi connectivity index (χ1v) is 7.97. The van der Waals surface area contributed by atoms with E-state index in [0.717, 1.165) is 30.2 Å². The summed E-state index contributed by atoms with van der Waals surface area (Å²) in [5.41, 5.74) is 2.15. The summed E-state index contributed by atoms with van der Waals surface area (Å²) in [4.78, 5) is 19.1. The first-order chi connectivity index (χ1) is 11.1. The van der Waals surface area contributed by atoms with Crippen LogP contribution in [0.3, 0.4) is 0 Å². The molecule has 1 fully saturated rings. The Morgan fingerprint density at radius 1 is 1.39 bits per heavy atom. The molecule has 1 saturated heterocycles. The van der Waals surface area contributed by atoms with Gasteiger partial charge in [0.2, 0.25) is 5.91 Å². The monoisotopic (exact) mass is 313 g/mol. The first kappa shape index (κ1) is 15.5. The molecule has 6 heteroatoms. The topological polar surface area (TPSA) is 63.1 Å². The van der Waals surface area contributed by atoms with E-state index in [9.17, 15) is 4.79 Å². The van der Waals surface area contributed by atoms with Crippen LogP contribution in [0.1, 0.15) is 18.2 Å². The molecule has 0 unspecified atom stereocenters. The summed E-state index contributed by atoms with van der Waals surface area (Å²) >= 11 is 0. The maximum Gasteiger partial charge on any atom is 0.225 e. The van der Waals surface area contributed by atoms with Gasteiger partial charge in [0.1, 0.15) is 5.82 Å². The summed E-state index contributed by atoms with van der Waals surface area (Å²) < 4.78 is 1.82. The number of pyridine rings is 1. The van der Waals surface area contributed by atoms with Crippen molar-refractivity contribution in [3.8, 4) is 0 Å². The highest BCUT2D eigenvalue weighted by Crippen LogP contribution is 2.26. The van der Waals surface area contributed by atoms with Crippen LogP contribution < -0.4 is 10.2 Å². The van der Waals surface area contributed by atoms with E-state index in [1.165, 1.54) is 0 Å². The van der Waals surface area contributed by atoms with E-state index in [0.29, 0.717) is 12.5 Å². The minimum absolute atomic E-state index is 0.00557. The largest absolute Gasteiger partial charge is 0.356 e. The lowest BCUT2D eigenvalue weighted by atomic mass is 9.97. The molecule has 3 heterocycles. The van der Waals surface area contributed by atoms with Crippen molar-refractivity contribution in [3.63, 3.8) is 0 Å². The summed E-state index contributed by atoms with van der Waals surface area (Å²) in [5.74, 6) is 1.36. The van der Waals surface area contributed by atoms with Crippen molar-refractivity contribution < 1.29 is 4.79 Å². The molecule has 1 aliphatic rings. The number of amides is 1. The average Bonchev–Trinajstić information content (AvgIpc) is 3.10. The molecule has 0 bridgehead atoms. The third kappa shape index (κ3) is 3.21. The van der Waals surface area contributed by atoms with Gasteiger partial charge < -0.3 is 10.2 Å². The van der Waals surface area contributed by atoms with Gasteiger partial charge in [-0.2, -0.15) is 5.10 Å². The Morgan fingerprint density at radius 2 is 2.22 bits per heavy atom. The Labute approximate surface area is 136 Å². The quantitative estimate of drug-likeness (QED) is 0.929. The fraction of sp³-hybridized carbons (Fsp3) is 0.471. The van der Waals surface area contributed by atoms with Crippen LogP contribution in [0.4, 0.5) is 5.82 Å². The molecule has 0 aromatic carbocycles. The van der Waals surface area contributed by atoms with Gasteiger partial charge in [-0.05, 0) is 25.0 Å². The second-order valence-corrected chi connectivity index (χ2v) is 6.27. The number of hydrogen-bond acceptors (Lipinski definition) is 4. The molecule has 1 aliphatic heterocycles. The van der Waals surface area contributed by atoms with Crippen molar-refractivity contribution >= 4 is 11.7 Å². The molecule has 23 heavy (non-hydrogen) atoms. The number of anilines is 1. The van der Waals surface area contributed by atoms with Gasteiger partial charge in [0.05, 0.1) is 12.1 Å². The zero-order chi connectivity index (χ0) is 16.4. The first-order valence-electron chi connectivity index (χ1n) is 7.97. The zero-order valence-electron chi connectivity index (χ0n) is 13.9. The number of carbonyl (C=O) groups is 1. The number of aromatic nitrogens is 3. The molecule has 6 nitrogen and oxygen atoms in total. The van der Waals surface area contributed by atoms with E-state index in [-0.39, 0.29) is 11.8 Å². The Kier molecular flexibility index (Phi) is 4.32. The highest BCUT2D eigenvalue weighted by Gasteiger charge is 2.35. The maximum atomic E-state index is 12.5. The minimum atomic E-state index is -0.00557. The maximum absolute atomic E-state index is 12.5. The fourth-order valence-corrected chi connectivity index (χ4v) is 3.07. The lowest BCUT2D eigenvalue weighted by Crippen LogP contribution is -2.34. The highest BCUT2D eigenvalue weighted by atomic mass is 16.1. The van der Waals surface area contributed by atoms with E-state index in [2.05, 4.69) is 27.2 Å². The van der Waals surface area contributed by atoms with Crippen molar-refractivity contribution in [1.29, 1.82) is 0 Å². The van der Waals surface area contributed by atoms with Gasteiger partial charge in [-0.25, -0.2) is 4.98 Å². The molecule has 0 saturated carbocycles. The molecule has 2 atom stereocenters. The summed E-state index contributed by atoms with van der Waals surface area (Å²) in [5, 5.41) is 7.27. The normalized spacial score (nSPS) is 20.7. The third-order valence-corrected chi connectivity index (χ3v) is 4.71. The van der Waals surface area contributed by atoms with E-state index in [1.807, 2.05) is 43.0 Å². The molecule has 2 aromatic heterocycles. The molecule has 122 valence electrons. The molecule has 1 amide bonds. The van der Waals surface area contributed by atoms with Gasteiger partial charge in [-0.1, -0.05) is 13.0 Å². The van der Waals surface area contributed by atoms with E-state index < -0.39 is 0 Å². The zero-order valence-corrected chi connectivity index (χ0v) is 13.9. The second kappa shape index (κ2) is 6.40. The number of carbonyl (C=O) groups excluding carboxylic acids is 1. The Balaban J connectivity index is 1.60. The fourth-order valence-electron chi connectivity index (χ4n) is 3.07. The van der Waals surface area contributed by atoms with Gasteiger partial charge >= 0.3 is 0 Å². The van der Waals surface area contributed by atoms with Crippen molar-refractivity contribution in [2.75, 3.05) is 18.0 Å². The van der Waals surface area contributed by atoms with Crippen molar-refractivity contribution in [3.05, 3.63) is 41.9 Å². The number of aryl methyl sites for hydroxylation is 1. The highest BCUT2D eigenvalue weighted by molar-refractivity contribution is 5.80. The number of hydrogen-bond donors (Lipinski definition) is 1. The molecule has 2 aromatic rings. The standard InChI is InChI=1S/C17H23N5O/c1-12-10-22(16-6-4-5-7-18-16)11-15(12)17(23)19-8-14-9-20-21(3)13(14)2/h4-7,9,12,15H,8,10-11H2,1-3H3,(H,19,23)/t12-,15-/m1/s1. The molecular weight excluding hydrogens is 290 g/mol. The Bertz CT molecular complexity index is 682. The van der Waals surface area contributed by atoms with E-state index in [1.54, 1.807) is 6.20 Å². The van der Waals surface area contributed by atoms with Gasteiger partial charge in [-0.15, -0.1) is 0 Å². The SMILES string of the molecule is Cc1c(CNC(=O)[C@@H]2CN(c3ccccn3)C[C@H]2C)cnn1C. The van der Waals surface area contributed by atoms with E-state index >= 15 is 0 Å². The molecule has 3 rings (SSSR count). The van der Waals surface area contributed by atoms with Crippen LogP contribution in [0, 0.1) is 18.8 Å². The van der Waals surface area contributed by atoms with Crippen LogP contribution >= 0.6 is 0 Å². The Morgan fingerprint density at radius 3 is 2.87 bits per heavy atom.